The number of nitrogens with zero attached hydrogens (tertiary/aromatic N) is 1. The van der Waals surface area contributed by atoms with Crippen molar-refractivity contribution in [3.05, 3.63) is 29.1 Å². The normalized spacial score (nSPS) is 21.0. The number of fused-ring (bicyclic) bond motifs is 1. The van der Waals surface area contributed by atoms with Crippen LogP contribution in [-0.4, -0.2) is 4.98 Å². The average molecular weight is 189 g/mol. The van der Waals surface area contributed by atoms with Crippen LogP contribution >= 0.6 is 0 Å². The SMILES string of the molecule is CC1CCc2cc(C(C)C)cnc2C1. The zero-order valence-electron chi connectivity index (χ0n) is 9.38. The summed E-state index contributed by atoms with van der Waals surface area (Å²) in [5.74, 6) is 1.42. The molecule has 0 saturated carbocycles. The van der Waals surface area contributed by atoms with Gasteiger partial charge in [0.25, 0.3) is 0 Å². The predicted molar refractivity (Wildman–Crippen MR) is 59.5 cm³/mol. The van der Waals surface area contributed by atoms with Gasteiger partial charge in [-0.15, -0.1) is 0 Å². The highest BCUT2D eigenvalue weighted by atomic mass is 14.7. The largest absolute Gasteiger partial charge is 0.261 e. The smallest absolute Gasteiger partial charge is 0.0438 e. The maximum absolute atomic E-state index is 4.59. The summed E-state index contributed by atoms with van der Waals surface area (Å²) in [5, 5.41) is 0. The van der Waals surface area contributed by atoms with Crippen molar-refractivity contribution in [3.8, 4) is 0 Å². The molecule has 0 saturated heterocycles. The molecule has 1 nitrogen and oxygen atoms in total. The molecule has 1 aromatic heterocycles. The lowest BCUT2D eigenvalue weighted by Gasteiger charge is -2.21. The molecule has 1 aliphatic carbocycles. The quantitative estimate of drug-likeness (QED) is 0.660. The highest BCUT2D eigenvalue weighted by Crippen LogP contribution is 2.26. The first-order valence-corrected chi connectivity index (χ1v) is 5.64. The predicted octanol–water partition coefficient (Wildman–Crippen LogP) is 3.33. The second-order valence-electron chi connectivity index (χ2n) is 4.88. The van der Waals surface area contributed by atoms with Crippen LogP contribution < -0.4 is 0 Å². The number of aryl methyl sites for hydroxylation is 1. The van der Waals surface area contributed by atoms with Gasteiger partial charge in [-0.3, -0.25) is 4.98 Å². The van der Waals surface area contributed by atoms with Crippen LogP contribution in [0.25, 0.3) is 0 Å². The maximum Gasteiger partial charge on any atom is 0.0438 e. The number of hydrogen-bond donors (Lipinski definition) is 0. The van der Waals surface area contributed by atoms with Crippen LogP contribution in [0.4, 0.5) is 0 Å². The molecule has 1 heteroatoms. The average Bonchev–Trinajstić information content (AvgIpc) is 2.16. The minimum absolute atomic E-state index is 0.604. The number of pyridine rings is 1. The molecule has 0 aromatic carbocycles. The first-order valence-electron chi connectivity index (χ1n) is 5.64. The Bertz CT molecular complexity index is 328. The van der Waals surface area contributed by atoms with E-state index in [1.54, 1.807) is 0 Å². The van der Waals surface area contributed by atoms with Crippen molar-refractivity contribution >= 4 is 0 Å². The Labute approximate surface area is 86.6 Å². The second kappa shape index (κ2) is 3.72. The van der Waals surface area contributed by atoms with Gasteiger partial charge in [0.15, 0.2) is 0 Å². The molecule has 1 aromatic rings. The summed E-state index contributed by atoms with van der Waals surface area (Å²) in [7, 11) is 0. The van der Waals surface area contributed by atoms with Crippen LogP contribution in [0.15, 0.2) is 12.3 Å². The van der Waals surface area contributed by atoms with Crippen molar-refractivity contribution in [2.45, 2.75) is 46.0 Å². The fraction of sp³-hybridized carbons (Fsp3) is 0.615. The number of rotatable bonds is 1. The molecule has 0 bridgehead atoms. The number of aromatic nitrogens is 1. The summed E-state index contributed by atoms with van der Waals surface area (Å²) in [6, 6.07) is 2.36. The Morgan fingerprint density at radius 1 is 1.43 bits per heavy atom. The van der Waals surface area contributed by atoms with E-state index in [0.29, 0.717) is 5.92 Å². The van der Waals surface area contributed by atoms with Gasteiger partial charge in [0.05, 0.1) is 0 Å². The summed E-state index contributed by atoms with van der Waals surface area (Å²) in [5.41, 5.74) is 4.22. The monoisotopic (exact) mass is 189 g/mol. The second-order valence-corrected chi connectivity index (χ2v) is 4.88. The molecular formula is C13H19N. The fourth-order valence-corrected chi connectivity index (χ4v) is 2.11. The Balaban J connectivity index is 2.31. The Kier molecular flexibility index (Phi) is 2.58. The van der Waals surface area contributed by atoms with Crippen LogP contribution in [0.1, 0.15) is 49.9 Å². The van der Waals surface area contributed by atoms with E-state index in [-0.39, 0.29) is 0 Å². The molecule has 0 N–H and O–H groups in total. The van der Waals surface area contributed by atoms with Gasteiger partial charge in [0.1, 0.15) is 0 Å². The topological polar surface area (TPSA) is 12.9 Å². The highest BCUT2D eigenvalue weighted by Gasteiger charge is 2.16. The Morgan fingerprint density at radius 3 is 2.93 bits per heavy atom. The first kappa shape index (κ1) is 9.70. The van der Waals surface area contributed by atoms with Gasteiger partial charge in [-0.05, 0) is 42.2 Å². The molecule has 0 fully saturated rings. The van der Waals surface area contributed by atoms with E-state index in [0.717, 1.165) is 5.92 Å². The third kappa shape index (κ3) is 1.82. The summed E-state index contributed by atoms with van der Waals surface area (Å²) < 4.78 is 0. The summed E-state index contributed by atoms with van der Waals surface area (Å²) in [4.78, 5) is 4.59. The molecule has 0 spiro atoms. The minimum atomic E-state index is 0.604. The molecule has 2 rings (SSSR count). The molecule has 0 amide bonds. The Hall–Kier alpha value is -0.850. The molecule has 14 heavy (non-hydrogen) atoms. The molecule has 1 unspecified atom stereocenters. The van der Waals surface area contributed by atoms with E-state index in [1.807, 2.05) is 0 Å². The van der Waals surface area contributed by atoms with E-state index in [2.05, 4.69) is 38.0 Å². The zero-order valence-corrected chi connectivity index (χ0v) is 9.38. The van der Waals surface area contributed by atoms with Crippen molar-refractivity contribution in [2.24, 2.45) is 5.92 Å². The third-order valence-corrected chi connectivity index (χ3v) is 3.20. The van der Waals surface area contributed by atoms with E-state index in [4.69, 9.17) is 0 Å². The van der Waals surface area contributed by atoms with Crippen molar-refractivity contribution in [2.75, 3.05) is 0 Å². The van der Waals surface area contributed by atoms with E-state index >= 15 is 0 Å². The molecular weight excluding hydrogens is 170 g/mol. The third-order valence-electron chi connectivity index (χ3n) is 3.20. The van der Waals surface area contributed by atoms with Crippen LogP contribution in [-0.2, 0) is 12.8 Å². The van der Waals surface area contributed by atoms with Crippen LogP contribution in [0, 0.1) is 5.92 Å². The summed E-state index contributed by atoms with van der Waals surface area (Å²) >= 11 is 0. The van der Waals surface area contributed by atoms with Gasteiger partial charge in [-0.25, -0.2) is 0 Å². The van der Waals surface area contributed by atoms with Gasteiger partial charge < -0.3 is 0 Å². The Morgan fingerprint density at radius 2 is 2.21 bits per heavy atom. The molecule has 1 heterocycles. The molecule has 1 aliphatic rings. The lowest BCUT2D eigenvalue weighted by Crippen LogP contribution is -2.13. The highest BCUT2D eigenvalue weighted by molar-refractivity contribution is 5.29. The molecule has 0 radical (unpaired) electrons. The number of hydrogen-bond acceptors (Lipinski definition) is 1. The zero-order chi connectivity index (χ0) is 10.1. The van der Waals surface area contributed by atoms with Gasteiger partial charge in [-0.2, -0.15) is 0 Å². The molecule has 76 valence electrons. The van der Waals surface area contributed by atoms with Crippen molar-refractivity contribution in [1.29, 1.82) is 0 Å². The van der Waals surface area contributed by atoms with E-state index < -0.39 is 0 Å². The van der Waals surface area contributed by atoms with Gasteiger partial charge in [-0.1, -0.05) is 26.8 Å². The molecule has 1 atom stereocenters. The maximum atomic E-state index is 4.59. The van der Waals surface area contributed by atoms with Gasteiger partial charge in [0, 0.05) is 11.9 Å². The van der Waals surface area contributed by atoms with Crippen LogP contribution in [0.5, 0.6) is 0 Å². The lowest BCUT2D eigenvalue weighted by molar-refractivity contribution is 0.491. The van der Waals surface area contributed by atoms with Crippen LogP contribution in [0.3, 0.4) is 0 Å². The van der Waals surface area contributed by atoms with E-state index in [1.165, 1.54) is 36.1 Å². The van der Waals surface area contributed by atoms with Crippen molar-refractivity contribution < 1.29 is 0 Å². The lowest BCUT2D eigenvalue weighted by atomic mass is 9.87. The van der Waals surface area contributed by atoms with Crippen LogP contribution in [0.2, 0.25) is 0 Å². The molecule has 0 aliphatic heterocycles. The van der Waals surface area contributed by atoms with E-state index in [9.17, 15) is 0 Å². The summed E-state index contributed by atoms with van der Waals surface area (Å²) in [6.07, 6.45) is 5.79. The van der Waals surface area contributed by atoms with Gasteiger partial charge in [0.2, 0.25) is 0 Å². The van der Waals surface area contributed by atoms with Crippen molar-refractivity contribution in [1.82, 2.24) is 4.98 Å². The summed E-state index contributed by atoms with van der Waals surface area (Å²) in [6.45, 7) is 6.78. The standard InChI is InChI=1S/C13H19N/c1-9(2)12-7-11-5-4-10(3)6-13(11)14-8-12/h7-10H,4-6H2,1-3H3. The first-order chi connectivity index (χ1) is 6.66. The van der Waals surface area contributed by atoms with Gasteiger partial charge >= 0.3 is 0 Å². The van der Waals surface area contributed by atoms with Crippen molar-refractivity contribution in [3.63, 3.8) is 0 Å². The fourth-order valence-electron chi connectivity index (χ4n) is 2.11. The minimum Gasteiger partial charge on any atom is -0.261 e.